The molecule has 1 aliphatic heterocycles. The van der Waals surface area contributed by atoms with Gasteiger partial charge in [-0.3, -0.25) is 9.59 Å². The Kier molecular flexibility index (Phi) is 9.81. The van der Waals surface area contributed by atoms with Gasteiger partial charge in [0.05, 0.1) is 25.3 Å². The van der Waals surface area contributed by atoms with Gasteiger partial charge in [0, 0.05) is 38.6 Å². The molecule has 0 unspecified atom stereocenters. The van der Waals surface area contributed by atoms with E-state index in [1.54, 1.807) is 6.07 Å². The average Bonchev–Trinajstić information content (AvgIpc) is 2.87. The van der Waals surface area contributed by atoms with Gasteiger partial charge in [-0.25, -0.2) is 5.84 Å². The zero-order valence-electron chi connectivity index (χ0n) is 20.1. The number of nitrogens with zero attached hydrogens (tertiary/aromatic N) is 4. The molecule has 1 aromatic carbocycles. The number of hydrogen-bond donors (Lipinski definition) is 4. The summed E-state index contributed by atoms with van der Waals surface area (Å²) in [5.74, 6) is 5.75. The molecule has 1 aromatic heterocycles. The molecule has 0 atom stereocenters. The zero-order chi connectivity index (χ0) is 25.0. The Balaban J connectivity index is 1.40. The normalized spacial score (nSPS) is 13.9. The van der Waals surface area contributed by atoms with E-state index in [0.717, 1.165) is 62.5 Å². The van der Waals surface area contributed by atoms with Crippen LogP contribution in [-0.4, -0.2) is 66.9 Å². The van der Waals surface area contributed by atoms with E-state index in [1.165, 1.54) is 18.3 Å². The lowest BCUT2D eigenvalue weighted by molar-refractivity contribution is -0.117. The van der Waals surface area contributed by atoms with Gasteiger partial charge in [0.25, 0.3) is 5.91 Å². The number of hydrogen-bond acceptors (Lipinski definition) is 9. The predicted octanol–water partition coefficient (Wildman–Crippen LogP) is 0.539. The summed E-state index contributed by atoms with van der Waals surface area (Å²) in [6.07, 6.45) is 4.02. The molecule has 0 radical (unpaired) electrons. The molecule has 1 saturated heterocycles. The van der Waals surface area contributed by atoms with Gasteiger partial charge in [-0.1, -0.05) is 12.1 Å². The summed E-state index contributed by atoms with van der Waals surface area (Å²) in [6.45, 7) is 3.69. The van der Waals surface area contributed by atoms with E-state index in [9.17, 15) is 9.59 Å². The Hall–Kier alpha value is -3.70. The molecule has 0 spiro atoms. The number of aryl methyl sites for hydroxylation is 1. The molecule has 0 aliphatic carbocycles. The van der Waals surface area contributed by atoms with Crippen LogP contribution in [0.15, 0.2) is 48.3 Å². The highest BCUT2D eigenvalue weighted by molar-refractivity contribution is 5.92. The molecule has 1 fully saturated rings. The second kappa shape index (κ2) is 13.3. The van der Waals surface area contributed by atoms with Crippen LogP contribution in [0, 0.1) is 0 Å². The summed E-state index contributed by atoms with van der Waals surface area (Å²) in [5.41, 5.74) is 8.55. The topological polar surface area (TPSA) is 152 Å². The number of carbonyl (C=O) groups excluding carboxylic acids is 2. The number of rotatable bonds is 11. The Morgan fingerprint density at radius 1 is 1.17 bits per heavy atom. The van der Waals surface area contributed by atoms with Crippen molar-refractivity contribution in [2.75, 3.05) is 50.1 Å². The monoisotopic (exact) mass is 482 g/mol. The Morgan fingerprint density at radius 2 is 1.97 bits per heavy atom. The largest absolute Gasteiger partial charge is 0.393 e. The number of aromatic nitrogens is 2. The van der Waals surface area contributed by atoms with Crippen molar-refractivity contribution in [2.24, 2.45) is 11.6 Å². The summed E-state index contributed by atoms with van der Waals surface area (Å²) in [5, 5.41) is 15.0. The van der Waals surface area contributed by atoms with Crippen LogP contribution in [0.3, 0.4) is 0 Å². The minimum Gasteiger partial charge on any atom is -0.393 e. The molecular formula is C24H34N8O3. The minimum atomic E-state index is -0.371. The van der Waals surface area contributed by atoms with Crippen LogP contribution in [0.25, 0.3) is 0 Å². The number of nitrogens with two attached hydrogens (primary N) is 2. The first-order chi connectivity index (χ1) is 16.9. The third kappa shape index (κ3) is 8.54. The van der Waals surface area contributed by atoms with Crippen molar-refractivity contribution in [3.05, 3.63) is 59.6 Å². The van der Waals surface area contributed by atoms with Crippen LogP contribution in [0.1, 0.15) is 24.1 Å². The molecule has 0 saturated carbocycles. The Morgan fingerprint density at radius 3 is 2.69 bits per heavy atom. The Bertz CT molecular complexity index is 1010. The molecule has 2 amide bonds. The van der Waals surface area contributed by atoms with Crippen molar-refractivity contribution >= 4 is 23.3 Å². The van der Waals surface area contributed by atoms with Crippen LogP contribution in [0.2, 0.25) is 0 Å². The van der Waals surface area contributed by atoms with E-state index < -0.39 is 0 Å². The smallest absolute Gasteiger partial charge is 0.268 e. The third-order valence-corrected chi connectivity index (χ3v) is 5.53. The molecule has 11 nitrogen and oxygen atoms in total. The maximum Gasteiger partial charge on any atom is 0.268 e. The van der Waals surface area contributed by atoms with Gasteiger partial charge in [0.15, 0.2) is 5.82 Å². The molecule has 0 bridgehead atoms. The summed E-state index contributed by atoms with van der Waals surface area (Å²) in [4.78, 5) is 26.1. The maximum absolute atomic E-state index is 12.5. The fraction of sp³-hybridized carbons (Fsp3) is 0.417. The zero-order valence-corrected chi connectivity index (χ0v) is 20.1. The highest BCUT2D eigenvalue weighted by Crippen LogP contribution is 2.18. The van der Waals surface area contributed by atoms with Crippen molar-refractivity contribution in [1.82, 2.24) is 20.5 Å². The lowest BCUT2D eigenvalue weighted by atomic mass is 10.1. The number of unbranched alkanes of at least 4 members (excludes halogenated alkanes) is 1. The van der Waals surface area contributed by atoms with Crippen LogP contribution < -0.4 is 27.1 Å². The van der Waals surface area contributed by atoms with Crippen LogP contribution in [0.5, 0.6) is 0 Å². The van der Waals surface area contributed by atoms with E-state index in [4.69, 9.17) is 16.3 Å². The molecule has 2 heterocycles. The van der Waals surface area contributed by atoms with Gasteiger partial charge in [0.1, 0.15) is 5.70 Å². The second-order valence-electron chi connectivity index (χ2n) is 8.26. The lowest BCUT2D eigenvalue weighted by Gasteiger charge is -2.29. The molecule has 2 aromatic rings. The lowest BCUT2D eigenvalue weighted by Crippen LogP contribution is -2.36. The highest BCUT2D eigenvalue weighted by atomic mass is 16.5. The van der Waals surface area contributed by atoms with Crippen molar-refractivity contribution in [2.45, 2.75) is 25.7 Å². The fourth-order valence-corrected chi connectivity index (χ4v) is 3.66. The number of benzene rings is 1. The van der Waals surface area contributed by atoms with Crippen molar-refractivity contribution in [1.29, 1.82) is 0 Å². The van der Waals surface area contributed by atoms with E-state index in [1.807, 2.05) is 24.3 Å². The summed E-state index contributed by atoms with van der Waals surface area (Å²) < 4.78 is 5.41. The first-order valence-electron chi connectivity index (χ1n) is 11.7. The molecule has 11 heteroatoms. The number of ether oxygens (including phenoxy) is 1. The van der Waals surface area contributed by atoms with Crippen LogP contribution in [-0.2, 0) is 27.2 Å². The quantitative estimate of drug-likeness (QED) is 0.156. The molecule has 35 heavy (non-hydrogen) atoms. The van der Waals surface area contributed by atoms with Crippen molar-refractivity contribution in [3.8, 4) is 0 Å². The predicted molar refractivity (Wildman–Crippen MR) is 134 cm³/mol. The molecular weight excluding hydrogens is 448 g/mol. The van der Waals surface area contributed by atoms with Crippen LogP contribution >= 0.6 is 0 Å². The third-order valence-electron chi connectivity index (χ3n) is 5.53. The fourth-order valence-electron chi connectivity index (χ4n) is 3.66. The molecule has 3 rings (SSSR count). The average molecular weight is 483 g/mol. The van der Waals surface area contributed by atoms with E-state index in [0.29, 0.717) is 12.4 Å². The molecule has 1 aliphatic rings. The first-order valence-corrected chi connectivity index (χ1v) is 11.7. The van der Waals surface area contributed by atoms with Gasteiger partial charge in [-0.05, 0) is 49.1 Å². The maximum atomic E-state index is 12.5. The van der Waals surface area contributed by atoms with Crippen molar-refractivity contribution in [3.63, 3.8) is 0 Å². The molecule has 6 N–H and O–H groups in total. The number of carbonyl (C=O) groups is 2. The van der Waals surface area contributed by atoms with Gasteiger partial charge in [0.2, 0.25) is 5.91 Å². The van der Waals surface area contributed by atoms with Crippen molar-refractivity contribution < 1.29 is 14.3 Å². The van der Waals surface area contributed by atoms with E-state index in [2.05, 4.69) is 31.8 Å². The van der Waals surface area contributed by atoms with Crippen LogP contribution in [0.4, 0.5) is 11.5 Å². The van der Waals surface area contributed by atoms with E-state index in [-0.39, 0.29) is 23.9 Å². The second-order valence-corrected chi connectivity index (χ2v) is 8.26. The standard InChI is InChI=1S/C24H34N8O3/c1-27-24(34)21(25)17-32(26)10-3-2-6-19-8-9-22(30-29-19)28-23(33)16-18-5-4-7-20(15-18)31-11-13-35-14-12-31/h4-5,7-9,15,17H,2-3,6,10-14,16,25-26H2,1H3,(H,27,34)(H,28,30,33)/b21-17-. The first kappa shape index (κ1) is 25.9. The number of anilines is 2. The highest BCUT2D eigenvalue weighted by Gasteiger charge is 2.13. The van der Waals surface area contributed by atoms with Gasteiger partial charge in [-0.15, -0.1) is 5.10 Å². The Labute approximate surface area is 205 Å². The number of hydrazine groups is 1. The van der Waals surface area contributed by atoms with Gasteiger partial charge in [-0.2, -0.15) is 5.10 Å². The van der Waals surface area contributed by atoms with E-state index >= 15 is 0 Å². The summed E-state index contributed by atoms with van der Waals surface area (Å²) in [6, 6.07) is 11.6. The summed E-state index contributed by atoms with van der Waals surface area (Å²) >= 11 is 0. The number of amides is 2. The summed E-state index contributed by atoms with van der Waals surface area (Å²) in [7, 11) is 1.51. The minimum absolute atomic E-state index is 0.0586. The van der Waals surface area contributed by atoms with Gasteiger partial charge >= 0.3 is 0 Å². The molecule has 188 valence electrons. The van der Waals surface area contributed by atoms with Gasteiger partial charge < -0.3 is 31.0 Å². The SMILES string of the molecule is CNC(=O)/C(N)=C/N(N)CCCCc1ccc(NC(=O)Cc2cccc(N3CCOCC3)c2)nn1. The number of nitrogens with one attached hydrogen (secondary N) is 2. The number of morpholine rings is 1. The number of likely N-dealkylation sites (N-methyl/N-ethyl adjacent to an activating group) is 1.